The third-order valence-electron chi connectivity index (χ3n) is 8.00. The molecule has 2 atom stereocenters. The van der Waals surface area contributed by atoms with Crippen LogP contribution in [0.3, 0.4) is 0 Å². The number of hydrogen-bond donors (Lipinski definition) is 1. The van der Waals surface area contributed by atoms with Crippen LogP contribution in [0.25, 0.3) is 28.1 Å². The van der Waals surface area contributed by atoms with Gasteiger partial charge in [-0.2, -0.15) is 8.78 Å². The van der Waals surface area contributed by atoms with Crippen molar-refractivity contribution < 1.29 is 13.6 Å². The fraction of sp³-hybridized carbons (Fsp3) is 0.464. The van der Waals surface area contributed by atoms with Crippen LogP contribution in [-0.2, 0) is 6.54 Å². The van der Waals surface area contributed by atoms with Gasteiger partial charge in [0.1, 0.15) is 22.8 Å². The lowest BCUT2D eigenvalue weighted by molar-refractivity contribution is 0.0612. The molecule has 1 saturated heterocycles. The molecule has 11 heteroatoms. The quantitative estimate of drug-likeness (QED) is 0.246. The summed E-state index contributed by atoms with van der Waals surface area (Å²) in [6.45, 7) is 2.73. The van der Waals surface area contributed by atoms with Crippen LogP contribution in [0, 0.1) is 12.8 Å². The van der Waals surface area contributed by atoms with Gasteiger partial charge in [0.2, 0.25) is 0 Å². The van der Waals surface area contributed by atoms with Gasteiger partial charge in [-0.3, -0.25) is 4.79 Å². The number of carbonyl (C=O) groups is 1. The molecule has 0 bridgehead atoms. The Balaban J connectivity index is 1.42. The first-order chi connectivity index (χ1) is 18.7. The molecule has 0 radical (unpaired) electrons. The molecule has 206 valence electrons. The van der Waals surface area contributed by atoms with Crippen molar-refractivity contribution in [3.8, 4) is 11.4 Å². The molecule has 8 nitrogen and oxygen atoms in total. The van der Waals surface area contributed by atoms with Crippen LogP contribution in [-0.4, -0.2) is 61.2 Å². The molecule has 2 aliphatic rings. The number of likely N-dealkylation sites (tertiary alicyclic amines) is 1. The summed E-state index contributed by atoms with van der Waals surface area (Å²) < 4.78 is 32.2. The monoisotopic (exact) mass is 553 g/mol. The largest absolute Gasteiger partial charge is 0.334 e. The summed E-state index contributed by atoms with van der Waals surface area (Å²) in [4.78, 5) is 24.9. The zero-order chi connectivity index (χ0) is 27.4. The van der Waals surface area contributed by atoms with Gasteiger partial charge in [-0.1, -0.05) is 0 Å². The minimum atomic E-state index is -2.66. The summed E-state index contributed by atoms with van der Waals surface area (Å²) in [6, 6.07) is 9.36. The van der Waals surface area contributed by atoms with E-state index in [1.807, 2.05) is 46.7 Å². The molecular weight excluding hydrogens is 520 g/mol. The average molecular weight is 554 g/mol. The van der Waals surface area contributed by atoms with Gasteiger partial charge in [-0.15, -0.1) is 0 Å². The summed E-state index contributed by atoms with van der Waals surface area (Å²) in [5.41, 5.74) is 10.7. The highest BCUT2D eigenvalue weighted by atomic mass is 32.2. The molecule has 0 aromatic carbocycles. The minimum absolute atomic E-state index is 0.000332. The van der Waals surface area contributed by atoms with E-state index in [0.29, 0.717) is 29.3 Å². The second kappa shape index (κ2) is 10.1. The van der Waals surface area contributed by atoms with Gasteiger partial charge in [-0.05, 0) is 87.7 Å². The predicted octanol–water partition coefficient (Wildman–Crippen LogP) is 5.33. The molecule has 5 heterocycles. The number of alkyl halides is 2. The first-order valence-corrected chi connectivity index (χ1v) is 14.6. The number of fused-ring (bicyclic) bond motifs is 2. The number of piperidine rings is 1. The molecule has 2 unspecified atom stereocenters. The number of halogens is 2. The van der Waals surface area contributed by atoms with Crippen LogP contribution in [0.15, 0.2) is 36.5 Å². The van der Waals surface area contributed by atoms with E-state index in [-0.39, 0.29) is 23.8 Å². The summed E-state index contributed by atoms with van der Waals surface area (Å²) in [7, 11) is 0. The summed E-state index contributed by atoms with van der Waals surface area (Å²) in [6.07, 6.45) is 7.62. The highest BCUT2D eigenvalue weighted by Gasteiger charge is 2.29. The van der Waals surface area contributed by atoms with E-state index in [9.17, 15) is 13.6 Å². The van der Waals surface area contributed by atoms with Crippen LogP contribution < -0.4 is 10.0 Å². The number of rotatable bonds is 7. The Labute approximate surface area is 230 Å². The maximum atomic E-state index is 13.6. The van der Waals surface area contributed by atoms with Crippen LogP contribution >= 0.6 is 11.9 Å². The maximum absolute atomic E-state index is 13.6. The van der Waals surface area contributed by atoms with Crippen molar-refractivity contribution >= 4 is 40.4 Å². The number of nitrogens with two attached hydrogens (primary N) is 1. The molecule has 1 saturated carbocycles. The van der Waals surface area contributed by atoms with Crippen molar-refractivity contribution in [1.82, 2.24) is 23.8 Å². The lowest BCUT2D eigenvalue weighted by atomic mass is 9.99. The zero-order valence-corrected chi connectivity index (χ0v) is 23.2. The smallest absolute Gasteiger partial charge is 0.325 e. The van der Waals surface area contributed by atoms with Crippen molar-refractivity contribution in [3.05, 3.63) is 47.8 Å². The lowest BCUT2D eigenvalue weighted by Crippen LogP contribution is -2.50. The molecule has 1 amide bonds. The number of pyridine rings is 2. The number of carbonyl (C=O) groups excluding carboxylic acids is 1. The number of hydrogen-bond acceptors (Lipinski definition) is 6. The van der Waals surface area contributed by atoms with Gasteiger partial charge in [0.25, 0.3) is 5.91 Å². The number of aryl methyl sites for hydroxylation is 1. The average Bonchev–Trinajstić information content (AvgIpc) is 3.59. The van der Waals surface area contributed by atoms with E-state index in [1.54, 1.807) is 12.3 Å². The SMILES string of the molecule is CSN(c1ccc2cc(-c3nc4cc(C(=O)N5CC(N)CCC5C)ccn4c3C)n(CC3CC3)c2n1)C(F)F. The van der Waals surface area contributed by atoms with Crippen molar-refractivity contribution in [1.29, 1.82) is 0 Å². The van der Waals surface area contributed by atoms with E-state index in [0.717, 1.165) is 70.9 Å². The second-order valence-electron chi connectivity index (χ2n) is 10.8. The third-order valence-corrected chi connectivity index (χ3v) is 8.74. The molecule has 4 aromatic rings. The van der Waals surface area contributed by atoms with Crippen LogP contribution in [0.4, 0.5) is 14.6 Å². The highest BCUT2D eigenvalue weighted by molar-refractivity contribution is 7.99. The van der Waals surface area contributed by atoms with Crippen LogP contribution in [0.5, 0.6) is 0 Å². The fourth-order valence-corrected chi connectivity index (χ4v) is 6.03. The molecule has 6 rings (SSSR count). The van der Waals surface area contributed by atoms with Gasteiger partial charge in [0.05, 0.1) is 5.69 Å². The van der Waals surface area contributed by atoms with Crippen molar-refractivity contribution in [2.24, 2.45) is 11.7 Å². The Morgan fingerprint density at radius 2 is 1.97 bits per heavy atom. The summed E-state index contributed by atoms with van der Waals surface area (Å²) in [5, 5.41) is 0.882. The number of aromatic nitrogens is 4. The maximum Gasteiger partial charge on any atom is 0.325 e. The van der Waals surface area contributed by atoms with E-state index in [4.69, 9.17) is 10.7 Å². The minimum Gasteiger partial charge on any atom is -0.334 e. The summed E-state index contributed by atoms with van der Waals surface area (Å²) >= 11 is 0.952. The first kappa shape index (κ1) is 26.1. The predicted molar refractivity (Wildman–Crippen MR) is 151 cm³/mol. The van der Waals surface area contributed by atoms with Gasteiger partial charge in [0, 0.05) is 54.3 Å². The van der Waals surface area contributed by atoms with Gasteiger partial charge in [0.15, 0.2) is 0 Å². The molecular formula is C28H33F2N7OS. The highest BCUT2D eigenvalue weighted by Crippen LogP contribution is 2.37. The van der Waals surface area contributed by atoms with Crippen molar-refractivity contribution in [3.63, 3.8) is 0 Å². The topological polar surface area (TPSA) is 84.7 Å². The van der Waals surface area contributed by atoms with E-state index >= 15 is 0 Å². The van der Waals surface area contributed by atoms with E-state index < -0.39 is 6.55 Å². The lowest BCUT2D eigenvalue weighted by Gasteiger charge is -2.36. The Bertz CT molecular complexity index is 1550. The van der Waals surface area contributed by atoms with Gasteiger partial charge >= 0.3 is 6.55 Å². The molecule has 0 spiro atoms. The van der Waals surface area contributed by atoms with Gasteiger partial charge in [-0.25, -0.2) is 14.3 Å². The van der Waals surface area contributed by atoms with Crippen molar-refractivity contribution in [2.75, 3.05) is 17.1 Å². The Morgan fingerprint density at radius 3 is 2.69 bits per heavy atom. The normalized spacial score (nSPS) is 19.9. The Kier molecular flexibility index (Phi) is 6.74. The molecule has 1 aliphatic carbocycles. The number of nitrogens with zero attached hydrogens (tertiary/aromatic N) is 6. The van der Waals surface area contributed by atoms with E-state index in [1.165, 1.54) is 0 Å². The molecule has 2 fully saturated rings. The Hall–Kier alpha value is -3.18. The van der Waals surface area contributed by atoms with E-state index in [2.05, 4.69) is 16.5 Å². The number of amides is 1. The fourth-order valence-electron chi connectivity index (χ4n) is 5.58. The van der Waals surface area contributed by atoms with Crippen LogP contribution in [0.2, 0.25) is 0 Å². The standard InChI is InChI=1S/C28H33F2N7OS/c1-16-4-8-21(31)15-35(16)27(38)20-10-11-34-17(2)25(32-24(34)13-20)22-12-19-7-9-23(37(39-3)28(29)30)33-26(19)36(22)14-18-5-6-18/h7,9-13,16,18,21,28H,4-6,8,14-15,31H2,1-3H3. The Morgan fingerprint density at radius 1 is 1.18 bits per heavy atom. The summed E-state index contributed by atoms with van der Waals surface area (Å²) in [5.74, 6) is 0.739. The molecule has 4 aromatic heterocycles. The molecule has 2 N–H and O–H groups in total. The van der Waals surface area contributed by atoms with Crippen molar-refractivity contribution in [2.45, 2.75) is 64.7 Å². The molecule has 1 aliphatic heterocycles. The van der Waals surface area contributed by atoms with Crippen LogP contribution in [0.1, 0.15) is 48.7 Å². The second-order valence-corrected chi connectivity index (χ2v) is 11.5. The number of anilines is 1. The van der Waals surface area contributed by atoms with Gasteiger partial charge < -0.3 is 19.6 Å². The third kappa shape index (κ3) is 4.75. The first-order valence-electron chi connectivity index (χ1n) is 13.4. The zero-order valence-electron chi connectivity index (χ0n) is 22.3. The number of imidazole rings is 1. The molecule has 39 heavy (non-hydrogen) atoms.